The number of hydrogen-bond acceptors (Lipinski definition) is 5. The van der Waals surface area contributed by atoms with Crippen LogP contribution in [0, 0.1) is 13.8 Å². The first-order chi connectivity index (χ1) is 13.5. The van der Waals surface area contributed by atoms with E-state index in [9.17, 15) is 9.59 Å². The molecule has 1 aliphatic carbocycles. The Morgan fingerprint density at radius 3 is 2.36 bits per heavy atom. The Bertz CT molecular complexity index is 1050. The molecule has 0 spiro atoms. The van der Waals surface area contributed by atoms with Gasteiger partial charge in [-0.05, 0) is 44.9 Å². The van der Waals surface area contributed by atoms with Crippen molar-refractivity contribution < 1.29 is 14.3 Å². The number of amides is 1. The molecule has 0 radical (unpaired) electrons. The lowest BCUT2D eigenvalue weighted by Gasteiger charge is -2.18. The average Bonchev–Trinajstić information content (AvgIpc) is 3.51. The van der Waals surface area contributed by atoms with E-state index in [1.165, 1.54) is 0 Å². The molecule has 3 aromatic rings. The molecule has 1 aliphatic rings. The van der Waals surface area contributed by atoms with Crippen LogP contribution in [0.4, 0.5) is 0 Å². The molecule has 1 amide bonds. The lowest BCUT2D eigenvalue weighted by atomic mass is 10.1. The number of carbonyl (C=O) groups excluding carboxylic acids is 2. The zero-order chi connectivity index (χ0) is 19.7. The Balaban J connectivity index is 1.60. The minimum absolute atomic E-state index is 0.180. The largest absolute Gasteiger partial charge is 0.444 e. The molecule has 0 saturated heterocycles. The predicted molar refractivity (Wildman–Crippen MR) is 105 cm³/mol. The summed E-state index contributed by atoms with van der Waals surface area (Å²) in [4.78, 5) is 34.4. The highest BCUT2D eigenvalue weighted by molar-refractivity contribution is 5.95. The second-order valence-electron chi connectivity index (χ2n) is 7.08. The van der Waals surface area contributed by atoms with Gasteiger partial charge < -0.3 is 10.1 Å². The third-order valence-corrected chi connectivity index (χ3v) is 4.80. The van der Waals surface area contributed by atoms with Crippen LogP contribution in [0.25, 0.3) is 11.0 Å². The highest BCUT2D eigenvalue weighted by atomic mass is 16.5. The first-order valence-corrected chi connectivity index (χ1v) is 9.32. The summed E-state index contributed by atoms with van der Waals surface area (Å²) in [6, 6.07) is 14.3. The smallest absolute Gasteiger partial charge is 0.339 e. The van der Waals surface area contributed by atoms with E-state index >= 15 is 0 Å². The van der Waals surface area contributed by atoms with Gasteiger partial charge in [-0.2, -0.15) is 0 Å². The molecule has 6 nitrogen and oxygen atoms in total. The number of carbonyl (C=O) groups is 2. The molecular formula is C22H21N3O3. The maximum absolute atomic E-state index is 12.8. The van der Waals surface area contributed by atoms with Crippen molar-refractivity contribution in [2.24, 2.45) is 0 Å². The minimum Gasteiger partial charge on any atom is -0.444 e. The van der Waals surface area contributed by atoms with Crippen molar-refractivity contribution in [2.45, 2.75) is 38.8 Å². The van der Waals surface area contributed by atoms with Crippen molar-refractivity contribution in [1.29, 1.82) is 0 Å². The van der Waals surface area contributed by atoms with Gasteiger partial charge in [-0.25, -0.2) is 14.8 Å². The van der Waals surface area contributed by atoms with Crippen molar-refractivity contribution in [3.05, 3.63) is 71.0 Å². The molecule has 1 N–H and O–H groups in total. The zero-order valence-electron chi connectivity index (χ0n) is 15.8. The summed E-state index contributed by atoms with van der Waals surface area (Å²) < 4.78 is 5.62. The first-order valence-electron chi connectivity index (χ1n) is 9.32. The summed E-state index contributed by atoms with van der Waals surface area (Å²) in [6.45, 7) is 3.77. The van der Waals surface area contributed by atoms with Gasteiger partial charge >= 0.3 is 5.97 Å². The molecule has 0 bridgehead atoms. The Morgan fingerprint density at radius 2 is 1.68 bits per heavy atom. The number of fused-ring (bicyclic) bond motifs is 1. The summed E-state index contributed by atoms with van der Waals surface area (Å²) in [5.74, 6) is -0.865. The lowest BCUT2D eigenvalue weighted by molar-refractivity contribution is -0.130. The molecule has 1 atom stereocenters. The van der Waals surface area contributed by atoms with E-state index in [0.29, 0.717) is 22.2 Å². The fraction of sp³-hybridized carbons (Fsp3) is 0.273. The lowest BCUT2D eigenvalue weighted by Crippen LogP contribution is -2.33. The second kappa shape index (κ2) is 7.38. The van der Waals surface area contributed by atoms with E-state index in [1.54, 1.807) is 30.3 Å². The van der Waals surface area contributed by atoms with Crippen molar-refractivity contribution in [2.75, 3.05) is 0 Å². The van der Waals surface area contributed by atoms with Gasteiger partial charge in [0.1, 0.15) is 0 Å². The number of nitrogens with zero attached hydrogens (tertiary/aromatic N) is 2. The molecule has 1 heterocycles. The number of aryl methyl sites for hydroxylation is 2. The van der Waals surface area contributed by atoms with Gasteiger partial charge in [0.2, 0.25) is 6.10 Å². The summed E-state index contributed by atoms with van der Waals surface area (Å²) in [5.41, 5.74) is 3.97. The second-order valence-corrected chi connectivity index (χ2v) is 7.08. The fourth-order valence-corrected chi connectivity index (χ4v) is 2.94. The van der Waals surface area contributed by atoms with Crippen molar-refractivity contribution in [1.82, 2.24) is 15.3 Å². The van der Waals surface area contributed by atoms with Crippen molar-refractivity contribution in [3.8, 4) is 0 Å². The summed E-state index contributed by atoms with van der Waals surface area (Å²) >= 11 is 0. The average molecular weight is 375 g/mol. The quantitative estimate of drug-likeness (QED) is 0.691. The number of aromatic nitrogens is 2. The molecule has 142 valence electrons. The normalized spacial score (nSPS) is 14.5. The van der Waals surface area contributed by atoms with Crippen LogP contribution in [0.3, 0.4) is 0 Å². The van der Waals surface area contributed by atoms with Crippen LogP contribution < -0.4 is 5.32 Å². The van der Waals surface area contributed by atoms with Gasteiger partial charge in [0.05, 0.1) is 28.0 Å². The van der Waals surface area contributed by atoms with E-state index in [1.807, 2.05) is 32.0 Å². The number of ether oxygens (including phenoxy) is 1. The van der Waals surface area contributed by atoms with Gasteiger partial charge in [-0.1, -0.05) is 30.3 Å². The maximum Gasteiger partial charge on any atom is 0.339 e. The zero-order valence-corrected chi connectivity index (χ0v) is 15.8. The van der Waals surface area contributed by atoms with Crippen LogP contribution in [0.1, 0.15) is 46.3 Å². The van der Waals surface area contributed by atoms with Gasteiger partial charge in [-0.3, -0.25) is 4.79 Å². The van der Waals surface area contributed by atoms with Gasteiger partial charge in [0, 0.05) is 11.6 Å². The molecule has 2 aromatic carbocycles. The van der Waals surface area contributed by atoms with Gasteiger partial charge in [0.25, 0.3) is 5.91 Å². The topological polar surface area (TPSA) is 81.2 Å². The molecule has 1 aromatic heterocycles. The van der Waals surface area contributed by atoms with Crippen LogP contribution in [0.5, 0.6) is 0 Å². The molecule has 1 fully saturated rings. The monoisotopic (exact) mass is 375 g/mol. The SMILES string of the molecule is Cc1nc2ccc(C(=O)O[C@@H](C(=O)NC3CC3)c3ccccc3)cc2nc1C. The molecule has 0 aliphatic heterocycles. The minimum atomic E-state index is -0.990. The van der Waals surface area contributed by atoms with E-state index in [0.717, 1.165) is 24.2 Å². The van der Waals surface area contributed by atoms with E-state index in [4.69, 9.17) is 4.74 Å². The summed E-state index contributed by atoms with van der Waals surface area (Å²) in [5, 5.41) is 2.91. The van der Waals surface area contributed by atoms with Crippen LogP contribution >= 0.6 is 0 Å². The van der Waals surface area contributed by atoms with E-state index in [-0.39, 0.29) is 11.9 Å². The summed E-state index contributed by atoms with van der Waals surface area (Å²) in [6.07, 6.45) is 0.933. The highest BCUT2D eigenvalue weighted by Gasteiger charge is 2.31. The Hall–Kier alpha value is -3.28. The highest BCUT2D eigenvalue weighted by Crippen LogP contribution is 2.24. The van der Waals surface area contributed by atoms with Crippen LogP contribution in [-0.4, -0.2) is 27.9 Å². The van der Waals surface area contributed by atoms with Crippen molar-refractivity contribution >= 4 is 22.9 Å². The molecule has 1 saturated carbocycles. The Labute approximate surface area is 163 Å². The molecular weight excluding hydrogens is 354 g/mol. The number of esters is 1. The van der Waals surface area contributed by atoms with Crippen LogP contribution in [0.15, 0.2) is 48.5 Å². The molecule has 6 heteroatoms. The van der Waals surface area contributed by atoms with Gasteiger partial charge in [0.15, 0.2) is 0 Å². The first kappa shape index (κ1) is 18.1. The Morgan fingerprint density at radius 1 is 1.00 bits per heavy atom. The fourth-order valence-electron chi connectivity index (χ4n) is 2.94. The van der Waals surface area contributed by atoms with Crippen molar-refractivity contribution in [3.63, 3.8) is 0 Å². The molecule has 28 heavy (non-hydrogen) atoms. The van der Waals surface area contributed by atoms with Crippen LogP contribution in [-0.2, 0) is 9.53 Å². The number of rotatable bonds is 5. The number of hydrogen-bond donors (Lipinski definition) is 1. The number of benzene rings is 2. The molecule has 4 rings (SSSR count). The third-order valence-electron chi connectivity index (χ3n) is 4.80. The third kappa shape index (κ3) is 3.86. The Kier molecular flexibility index (Phi) is 4.77. The van der Waals surface area contributed by atoms with Crippen LogP contribution in [0.2, 0.25) is 0 Å². The summed E-state index contributed by atoms with van der Waals surface area (Å²) in [7, 11) is 0. The van der Waals surface area contributed by atoms with E-state index < -0.39 is 12.1 Å². The maximum atomic E-state index is 12.8. The van der Waals surface area contributed by atoms with E-state index in [2.05, 4.69) is 15.3 Å². The number of nitrogens with one attached hydrogen (secondary N) is 1. The van der Waals surface area contributed by atoms with Gasteiger partial charge in [-0.15, -0.1) is 0 Å². The standard InChI is InChI=1S/C22H21N3O3/c1-13-14(2)24-19-12-16(8-11-18(19)23-13)22(27)28-20(15-6-4-3-5-7-15)21(26)25-17-9-10-17/h3-8,11-12,17,20H,9-10H2,1-2H3,(H,25,26)/t20-/m1/s1. The molecule has 0 unspecified atom stereocenters. The predicted octanol–water partition coefficient (Wildman–Crippen LogP) is 3.42.